The van der Waals surface area contributed by atoms with Crippen LogP contribution in [0.3, 0.4) is 0 Å². The van der Waals surface area contributed by atoms with Crippen LogP contribution in [0.1, 0.15) is 18.0 Å². The lowest BCUT2D eigenvalue weighted by atomic mass is 10.0. The average molecular weight is 398 g/mol. The molecule has 7 nitrogen and oxygen atoms in total. The molecule has 1 unspecified atom stereocenters. The van der Waals surface area contributed by atoms with Crippen molar-refractivity contribution in [1.82, 2.24) is 4.72 Å². The van der Waals surface area contributed by atoms with Crippen molar-refractivity contribution >= 4 is 27.6 Å². The molecule has 0 amide bonds. The number of ether oxygens (including phenoxy) is 2. The van der Waals surface area contributed by atoms with Crippen LogP contribution in [0.2, 0.25) is 5.02 Å². The Morgan fingerprint density at radius 2 is 2.00 bits per heavy atom. The van der Waals surface area contributed by atoms with Crippen LogP contribution in [0, 0.1) is 0 Å². The number of rotatable bonds is 6. The molecule has 26 heavy (non-hydrogen) atoms. The third-order valence-corrected chi connectivity index (χ3v) is 5.55. The minimum atomic E-state index is -3.72. The number of carboxylic acids is 1. The molecule has 0 fully saturated rings. The maximum absolute atomic E-state index is 12.6. The number of sulfonamides is 1. The second kappa shape index (κ2) is 7.53. The standard InChI is InChI=1S/C17H16ClNO6S/c18-11-1-4-13(5-2-11)26(22,23)19-15-7-8-24-16-9-12(3-6-14(15)16)25-10-17(20)21/h1-6,9,15,19H,7-8,10H2,(H,20,21). The van der Waals surface area contributed by atoms with Gasteiger partial charge in [-0.15, -0.1) is 0 Å². The van der Waals surface area contributed by atoms with E-state index in [4.69, 9.17) is 26.2 Å². The number of fused-ring (bicyclic) bond motifs is 1. The second-order valence-corrected chi connectivity index (χ2v) is 7.80. The third kappa shape index (κ3) is 4.27. The van der Waals surface area contributed by atoms with E-state index in [-0.39, 0.29) is 4.90 Å². The summed E-state index contributed by atoms with van der Waals surface area (Å²) in [4.78, 5) is 10.7. The molecule has 2 N–H and O–H groups in total. The third-order valence-electron chi connectivity index (χ3n) is 3.81. The van der Waals surface area contributed by atoms with Crippen LogP contribution in [0.25, 0.3) is 0 Å². The minimum Gasteiger partial charge on any atom is -0.493 e. The summed E-state index contributed by atoms with van der Waals surface area (Å²) in [7, 11) is -3.72. The number of carbonyl (C=O) groups is 1. The number of hydrogen-bond acceptors (Lipinski definition) is 5. The largest absolute Gasteiger partial charge is 0.493 e. The Bertz CT molecular complexity index is 913. The highest BCUT2D eigenvalue weighted by Gasteiger charge is 2.27. The first-order valence-electron chi connectivity index (χ1n) is 7.74. The predicted molar refractivity (Wildman–Crippen MR) is 94.2 cm³/mol. The Kier molecular flexibility index (Phi) is 5.36. The molecule has 1 atom stereocenters. The molecule has 0 saturated carbocycles. The van der Waals surface area contributed by atoms with E-state index in [0.29, 0.717) is 35.1 Å². The van der Waals surface area contributed by atoms with E-state index in [0.717, 1.165) is 0 Å². The number of nitrogens with one attached hydrogen (secondary N) is 1. The number of hydrogen-bond donors (Lipinski definition) is 2. The maximum atomic E-state index is 12.6. The van der Waals surface area contributed by atoms with E-state index in [1.165, 1.54) is 24.3 Å². The summed E-state index contributed by atoms with van der Waals surface area (Å²) in [6.45, 7) is -0.144. The lowest BCUT2D eigenvalue weighted by Crippen LogP contribution is -2.32. The van der Waals surface area contributed by atoms with E-state index in [1.54, 1.807) is 18.2 Å². The molecule has 1 aliphatic rings. The van der Waals surface area contributed by atoms with Gasteiger partial charge in [-0.05, 0) is 30.3 Å². The number of aliphatic carboxylic acids is 1. The summed E-state index contributed by atoms with van der Waals surface area (Å²) in [5.74, 6) is -0.285. The normalized spacial score (nSPS) is 16.4. The summed E-state index contributed by atoms with van der Waals surface area (Å²) in [6, 6.07) is 10.2. The van der Waals surface area contributed by atoms with Crippen LogP contribution in [-0.4, -0.2) is 32.7 Å². The van der Waals surface area contributed by atoms with Gasteiger partial charge in [0, 0.05) is 23.1 Å². The van der Waals surface area contributed by atoms with Gasteiger partial charge in [-0.25, -0.2) is 17.9 Å². The smallest absolute Gasteiger partial charge is 0.341 e. The average Bonchev–Trinajstić information content (AvgIpc) is 2.60. The highest BCUT2D eigenvalue weighted by Crippen LogP contribution is 2.35. The molecule has 9 heteroatoms. The quantitative estimate of drug-likeness (QED) is 0.776. The SMILES string of the molecule is O=C(O)COc1ccc2c(c1)OCCC2NS(=O)(=O)c1ccc(Cl)cc1. The van der Waals surface area contributed by atoms with Crippen molar-refractivity contribution in [2.75, 3.05) is 13.2 Å². The van der Waals surface area contributed by atoms with Gasteiger partial charge >= 0.3 is 5.97 Å². The topological polar surface area (TPSA) is 102 Å². The van der Waals surface area contributed by atoms with Gasteiger partial charge in [0.2, 0.25) is 10.0 Å². The fourth-order valence-corrected chi connectivity index (χ4v) is 3.97. The van der Waals surface area contributed by atoms with Crippen molar-refractivity contribution < 1.29 is 27.8 Å². The molecule has 138 valence electrons. The summed E-state index contributed by atoms with van der Waals surface area (Å²) in [6.07, 6.45) is 0.467. The molecule has 2 aromatic carbocycles. The van der Waals surface area contributed by atoms with Crippen LogP contribution in [0.5, 0.6) is 11.5 Å². The second-order valence-electron chi connectivity index (χ2n) is 5.65. The van der Waals surface area contributed by atoms with Crippen LogP contribution < -0.4 is 14.2 Å². The van der Waals surface area contributed by atoms with Crippen molar-refractivity contribution in [1.29, 1.82) is 0 Å². The fraction of sp³-hybridized carbons (Fsp3) is 0.235. The minimum absolute atomic E-state index is 0.122. The van der Waals surface area contributed by atoms with Crippen molar-refractivity contribution in [3.05, 3.63) is 53.1 Å². The maximum Gasteiger partial charge on any atom is 0.341 e. The molecule has 0 aromatic heterocycles. The lowest BCUT2D eigenvalue weighted by molar-refractivity contribution is -0.139. The number of halogens is 1. The van der Waals surface area contributed by atoms with Gasteiger partial charge in [-0.2, -0.15) is 0 Å². The Balaban J connectivity index is 1.81. The zero-order chi connectivity index (χ0) is 18.7. The highest BCUT2D eigenvalue weighted by molar-refractivity contribution is 7.89. The van der Waals surface area contributed by atoms with Crippen molar-refractivity contribution in [2.24, 2.45) is 0 Å². The molecular weight excluding hydrogens is 382 g/mol. The lowest BCUT2D eigenvalue weighted by Gasteiger charge is -2.27. The summed E-state index contributed by atoms with van der Waals surface area (Å²) in [5.41, 5.74) is 0.663. The first kappa shape index (κ1) is 18.5. The van der Waals surface area contributed by atoms with Crippen LogP contribution in [0.4, 0.5) is 0 Å². The number of carboxylic acid groups (broad SMARTS) is 1. The van der Waals surface area contributed by atoms with Crippen LogP contribution in [-0.2, 0) is 14.8 Å². The monoisotopic (exact) mass is 397 g/mol. The van der Waals surface area contributed by atoms with E-state index in [9.17, 15) is 13.2 Å². The van der Waals surface area contributed by atoms with E-state index >= 15 is 0 Å². The highest BCUT2D eigenvalue weighted by atomic mass is 35.5. The Morgan fingerprint density at radius 1 is 1.27 bits per heavy atom. The van der Waals surface area contributed by atoms with E-state index < -0.39 is 28.6 Å². The van der Waals surface area contributed by atoms with Crippen LogP contribution >= 0.6 is 11.6 Å². The molecule has 0 spiro atoms. The Morgan fingerprint density at radius 3 is 2.69 bits per heavy atom. The summed E-state index contributed by atoms with van der Waals surface area (Å²) in [5, 5.41) is 9.12. The van der Waals surface area contributed by atoms with Crippen LogP contribution in [0.15, 0.2) is 47.4 Å². The van der Waals surface area contributed by atoms with Crippen molar-refractivity contribution in [3.8, 4) is 11.5 Å². The first-order valence-corrected chi connectivity index (χ1v) is 9.60. The van der Waals surface area contributed by atoms with Gasteiger partial charge in [-0.3, -0.25) is 0 Å². The van der Waals surface area contributed by atoms with E-state index in [2.05, 4.69) is 4.72 Å². The molecule has 0 radical (unpaired) electrons. The Hall–Kier alpha value is -2.29. The summed E-state index contributed by atoms with van der Waals surface area (Å²) < 4.78 is 38.5. The molecule has 2 aromatic rings. The molecule has 0 bridgehead atoms. The fourth-order valence-electron chi connectivity index (χ4n) is 2.60. The molecule has 1 heterocycles. The number of benzene rings is 2. The van der Waals surface area contributed by atoms with Crippen molar-refractivity contribution in [3.63, 3.8) is 0 Å². The first-order chi connectivity index (χ1) is 12.3. The zero-order valence-electron chi connectivity index (χ0n) is 13.5. The van der Waals surface area contributed by atoms with Gasteiger partial charge in [0.05, 0.1) is 17.5 Å². The van der Waals surface area contributed by atoms with Gasteiger partial charge in [0.1, 0.15) is 11.5 Å². The molecule has 1 aliphatic heterocycles. The van der Waals surface area contributed by atoms with E-state index in [1.807, 2.05) is 0 Å². The molecule has 3 rings (SSSR count). The summed E-state index contributed by atoms with van der Waals surface area (Å²) >= 11 is 5.80. The Labute approximate surface area is 155 Å². The van der Waals surface area contributed by atoms with Gasteiger partial charge in [0.25, 0.3) is 0 Å². The molecule has 0 aliphatic carbocycles. The van der Waals surface area contributed by atoms with Gasteiger partial charge < -0.3 is 14.6 Å². The molecule has 0 saturated heterocycles. The molecular formula is C17H16ClNO6S. The zero-order valence-corrected chi connectivity index (χ0v) is 15.1. The predicted octanol–water partition coefficient (Wildman–Crippen LogP) is 2.61. The van der Waals surface area contributed by atoms with Gasteiger partial charge in [0.15, 0.2) is 6.61 Å². The van der Waals surface area contributed by atoms with Crippen molar-refractivity contribution in [2.45, 2.75) is 17.4 Å². The van der Waals surface area contributed by atoms with Gasteiger partial charge in [-0.1, -0.05) is 17.7 Å².